The SMILES string of the molecule is O=C(Nc1cc(C(F)(F)F)ccc1N1CCOCC1)c1cccc2ncccc12. The third-order valence-corrected chi connectivity index (χ3v) is 4.81. The van der Waals surface area contributed by atoms with E-state index in [-0.39, 0.29) is 5.69 Å². The Hall–Kier alpha value is -3.13. The minimum absolute atomic E-state index is 0.118. The number of nitrogens with zero attached hydrogens (tertiary/aromatic N) is 2. The molecule has 2 heterocycles. The number of hydrogen-bond acceptors (Lipinski definition) is 4. The van der Waals surface area contributed by atoms with Crippen LogP contribution >= 0.6 is 0 Å². The molecule has 1 aromatic heterocycles. The summed E-state index contributed by atoms with van der Waals surface area (Å²) in [5.41, 5.74) is 0.823. The third kappa shape index (κ3) is 4.02. The summed E-state index contributed by atoms with van der Waals surface area (Å²) >= 11 is 0. The molecular formula is C21H18F3N3O2. The number of rotatable bonds is 3. The van der Waals surface area contributed by atoms with E-state index in [9.17, 15) is 18.0 Å². The molecule has 1 saturated heterocycles. The maximum absolute atomic E-state index is 13.3. The van der Waals surface area contributed by atoms with E-state index in [2.05, 4.69) is 10.3 Å². The number of amides is 1. The molecule has 5 nitrogen and oxygen atoms in total. The van der Waals surface area contributed by atoms with Gasteiger partial charge in [-0.25, -0.2) is 0 Å². The lowest BCUT2D eigenvalue weighted by Crippen LogP contribution is -2.36. The van der Waals surface area contributed by atoms with Crippen molar-refractivity contribution in [3.05, 3.63) is 65.9 Å². The monoisotopic (exact) mass is 401 g/mol. The van der Waals surface area contributed by atoms with Gasteiger partial charge >= 0.3 is 6.18 Å². The van der Waals surface area contributed by atoms with Crippen LogP contribution in [0.3, 0.4) is 0 Å². The Morgan fingerprint density at radius 2 is 1.86 bits per heavy atom. The highest BCUT2D eigenvalue weighted by molar-refractivity contribution is 6.13. The van der Waals surface area contributed by atoms with Gasteiger partial charge in [0.1, 0.15) is 0 Å². The van der Waals surface area contributed by atoms with Crippen molar-refractivity contribution in [2.45, 2.75) is 6.18 Å². The molecule has 150 valence electrons. The first-order chi connectivity index (χ1) is 13.9. The molecule has 3 aromatic rings. The van der Waals surface area contributed by atoms with Crippen LogP contribution in [-0.2, 0) is 10.9 Å². The van der Waals surface area contributed by atoms with Gasteiger partial charge in [-0.15, -0.1) is 0 Å². The Morgan fingerprint density at radius 3 is 2.62 bits per heavy atom. The Labute approximate surface area is 165 Å². The average molecular weight is 401 g/mol. The molecule has 0 aliphatic carbocycles. The molecule has 2 aromatic carbocycles. The van der Waals surface area contributed by atoms with Crippen molar-refractivity contribution in [1.29, 1.82) is 0 Å². The second kappa shape index (κ2) is 7.71. The van der Waals surface area contributed by atoms with E-state index in [1.807, 2.05) is 4.90 Å². The standard InChI is InChI=1S/C21H18F3N3O2/c22-21(23,24)14-6-7-19(27-9-11-29-12-10-27)18(13-14)26-20(28)16-3-1-5-17-15(16)4-2-8-25-17/h1-8,13H,9-12H2,(H,26,28). The molecule has 0 spiro atoms. The molecule has 4 rings (SSSR count). The van der Waals surface area contributed by atoms with E-state index in [0.29, 0.717) is 48.5 Å². The summed E-state index contributed by atoms with van der Waals surface area (Å²) in [5.74, 6) is -0.488. The number of anilines is 2. The molecule has 1 fully saturated rings. The first-order valence-corrected chi connectivity index (χ1v) is 9.12. The predicted octanol–water partition coefficient (Wildman–Crippen LogP) is 4.34. The van der Waals surface area contributed by atoms with Crippen LogP contribution in [0.25, 0.3) is 10.9 Å². The van der Waals surface area contributed by atoms with Crippen molar-refractivity contribution in [2.75, 3.05) is 36.5 Å². The van der Waals surface area contributed by atoms with E-state index in [1.165, 1.54) is 6.07 Å². The van der Waals surface area contributed by atoms with Crippen LogP contribution in [-0.4, -0.2) is 37.2 Å². The lowest BCUT2D eigenvalue weighted by Gasteiger charge is -2.31. The second-order valence-electron chi connectivity index (χ2n) is 6.66. The van der Waals surface area contributed by atoms with Crippen LogP contribution in [0.2, 0.25) is 0 Å². The van der Waals surface area contributed by atoms with Gasteiger partial charge in [0.15, 0.2) is 0 Å². The highest BCUT2D eigenvalue weighted by Gasteiger charge is 2.32. The summed E-state index contributed by atoms with van der Waals surface area (Å²) < 4.78 is 45.1. The van der Waals surface area contributed by atoms with E-state index in [4.69, 9.17) is 4.74 Å². The van der Waals surface area contributed by atoms with Gasteiger partial charge in [-0.3, -0.25) is 9.78 Å². The second-order valence-corrected chi connectivity index (χ2v) is 6.66. The fourth-order valence-electron chi connectivity index (χ4n) is 3.38. The number of carbonyl (C=O) groups is 1. The molecular weight excluding hydrogens is 383 g/mol. The van der Waals surface area contributed by atoms with Crippen LogP contribution < -0.4 is 10.2 Å². The minimum atomic E-state index is -4.51. The highest BCUT2D eigenvalue weighted by atomic mass is 19.4. The third-order valence-electron chi connectivity index (χ3n) is 4.81. The molecule has 0 unspecified atom stereocenters. The van der Waals surface area contributed by atoms with Crippen LogP contribution in [0.5, 0.6) is 0 Å². The largest absolute Gasteiger partial charge is 0.416 e. The van der Waals surface area contributed by atoms with Gasteiger partial charge in [-0.05, 0) is 36.4 Å². The van der Waals surface area contributed by atoms with E-state index in [1.54, 1.807) is 36.5 Å². The number of fused-ring (bicyclic) bond motifs is 1. The fraction of sp³-hybridized carbons (Fsp3) is 0.238. The van der Waals surface area contributed by atoms with Gasteiger partial charge in [-0.1, -0.05) is 12.1 Å². The predicted molar refractivity (Wildman–Crippen MR) is 104 cm³/mol. The lowest BCUT2D eigenvalue weighted by atomic mass is 10.1. The Balaban J connectivity index is 1.73. The zero-order valence-corrected chi connectivity index (χ0v) is 15.4. The first kappa shape index (κ1) is 19.2. The maximum atomic E-state index is 13.3. The molecule has 0 bridgehead atoms. The van der Waals surface area contributed by atoms with Crippen LogP contribution in [0.1, 0.15) is 15.9 Å². The zero-order valence-electron chi connectivity index (χ0n) is 15.4. The number of aromatic nitrogens is 1. The number of hydrogen-bond donors (Lipinski definition) is 1. The van der Waals surface area contributed by atoms with E-state index < -0.39 is 17.6 Å². The highest BCUT2D eigenvalue weighted by Crippen LogP contribution is 2.36. The molecule has 1 aliphatic rings. The average Bonchev–Trinajstić information content (AvgIpc) is 2.73. The van der Waals surface area contributed by atoms with Gasteiger partial charge in [0, 0.05) is 30.2 Å². The molecule has 0 atom stereocenters. The number of pyridine rings is 1. The first-order valence-electron chi connectivity index (χ1n) is 9.12. The maximum Gasteiger partial charge on any atom is 0.416 e. The number of morpholine rings is 1. The number of alkyl halides is 3. The molecule has 1 N–H and O–H groups in total. The minimum Gasteiger partial charge on any atom is -0.378 e. The Kier molecular flexibility index (Phi) is 5.10. The number of halogens is 3. The van der Waals surface area contributed by atoms with Crippen molar-refractivity contribution in [3.63, 3.8) is 0 Å². The van der Waals surface area contributed by atoms with Crippen molar-refractivity contribution >= 4 is 28.2 Å². The molecule has 1 amide bonds. The normalized spacial score (nSPS) is 14.8. The number of benzene rings is 2. The van der Waals surface area contributed by atoms with Crippen LogP contribution in [0, 0.1) is 0 Å². The van der Waals surface area contributed by atoms with Crippen molar-refractivity contribution < 1.29 is 22.7 Å². The fourth-order valence-corrected chi connectivity index (χ4v) is 3.38. The van der Waals surface area contributed by atoms with Crippen LogP contribution in [0.4, 0.5) is 24.5 Å². The molecule has 0 radical (unpaired) electrons. The van der Waals surface area contributed by atoms with Gasteiger partial charge in [0.2, 0.25) is 0 Å². The molecule has 1 aliphatic heterocycles. The van der Waals surface area contributed by atoms with Gasteiger partial charge < -0.3 is 15.0 Å². The summed E-state index contributed by atoms with van der Waals surface area (Å²) in [6, 6.07) is 12.0. The summed E-state index contributed by atoms with van der Waals surface area (Å²) in [7, 11) is 0. The molecule has 8 heteroatoms. The Bertz CT molecular complexity index is 1040. The number of ether oxygens (including phenoxy) is 1. The lowest BCUT2D eigenvalue weighted by molar-refractivity contribution is -0.137. The molecule has 0 saturated carbocycles. The summed E-state index contributed by atoms with van der Waals surface area (Å²) in [5, 5.41) is 3.31. The van der Waals surface area contributed by atoms with Gasteiger partial charge in [0.05, 0.1) is 35.7 Å². The summed E-state index contributed by atoms with van der Waals surface area (Å²) in [4.78, 5) is 19.1. The van der Waals surface area contributed by atoms with E-state index >= 15 is 0 Å². The van der Waals surface area contributed by atoms with Gasteiger partial charge in [0.25, 0.3) is 5.91 Å². The number of carbonyl (C=O) groups excluding carboxylic acids is 1. The van der Waals surface area contributed by atoms with Gasteiger partial charge in [-0.2, -0.15) is 13.2 Å². The van der Waals surface area contributed by atoms with E-state index in [0.717, 1.165) is 12.1 Å². The molecule has 29 heavy (non-hydrogen) atoms. The topological polar surface area (TPSA) is 54.5 Å². The Morgan fingerprint density at radius 1 is 1.07 bits per heavy atom. The van der Waals surface area contributed by atoms with Crippen LogP contribution in [0.15, 0.2) is 54.7 Å². The quantitative estimate of drug-likeness (QED) is 0.709. The summed E-state index contributed by atoms with van der Waals surface area (Å²) in [6.45, 7) is 2.02. The zero-order chi connectivity index (χ0) is 20.4. The summed E-state index contributed by atoms with van der Waals surface area (Å²) in [6.07, 6.45) is -2.89. The number of nitrogens with one attached hydrogen (secondary N) is 1. The smallest absolute Gasteiger partial charge is 0.378 e. The van der Waals surface area contributed by atoms with Crippen molar-refractivity contribution in [1.82, 2.24) is 4.98 Å². The van der Waals surface area contributed by atoms with Crippen molar-refractivity contribution in [3.8, 4) is 0 Å². The van der Waals surface area contributed by atoms with Crippen molar-refractivity contribution in [2.24, 2.45) is 0 Å².